The molecule has 0 aliphatic heterocycles. The first-order valence-corrected chi connectivity index (χ1v) is 23.0. The third kappa shape index (κ3) is 22.4. The normalized spacial score (nSPS) is 12.0. The van der Waals surface area contributed by atoms with E-state index in [0.717, 1.165) is 49.9 Å². The molecule has 2 aromatic rings. The molecule has 2 rings (SSSR count). The zero-order chi connectivity index (χ0) is 37.5. The van der Waals surface area contributed by atoms with Crippen molar-refractivity contribution in [2.24, 2.45) is 9.98 Å². The Kier molecular flexibility index (Phi) is 31.2. The van der Waals surface area contributed by atoms with Crippen molar-refractivity contribution >= 4 is 22.8 Å². The van der Waals surface area contributed by atoms with Gasteiger partial charge in [-0.2, -0.15) is 0 Å². The van der Waals surface area contributed by atoms with Crippen LogP contribution in [-0.4, -0.2) is 11.4 Å². The van der Waals surface area contributed by atoms with E-state index in [1.54, 1.807) is 0 Å². The Morgan fingerprint density at radius 1 is 0.340 bits per heavy atom. The molecule has 0 aromatic heterocycles. The second-order valence-corrected chi connectivity index (χ2v) is 15.7. The zero-order valence-electron chi connectivity index (χ0n) is 35.9. The molecule has 0 unspecified atom stereocenters. The van der Waals surface area contributed by atoms with Gasteiger partial charge in [0.15, 0.2) is 0 Å². The van der Waals surface area contributed by atoms with Gasteiger partial charge in [-0.25, -0.2) is 0 Å². The Balaban J connectivity index is 0.0000140. The molecule has 0 bridgehead atoms. The van der Waals surface area contributed by atoms with E-state index in [2.05, 4.69) is 77.9 Å². The number of benzene rings is 2. The summed E-state index contributed by atoms with van der Waals surface area (Å²) < 4.78 is 0. The van der Waals surface area contributed by atoms with Crippen LogP contribution in [0.3, 0.4) is 0 Å². The van der Waals surface area contributed by atoms with Gasteiger partial charge >= 0.3 is 0 Å². The topological polar surface area (TPSA) is 24.7 Å². The van der Waals surface area contributed by atoms with Crippen molar-refractivity contribution in [3.63, 3.8) is 0 Å². The quantitative estimate of drug-likeness (QED) is 0.0392. The zero-order valence-corrected chi connectivity index (χ0v) is 36.9. The van der Waals surface area contributed by atoms with Crippen LogP contribution in [0.5, 0.6) is 0 Å². The van der Waals surface area contributed by atoms with Crippen molar-refractivity contribution in [3.8, 4) is 0 Å². The number of aryl methyl sites for hydroxylation is 4. The van der Waals surface area contributed by atoms with Gasteiger partial charge in [-0.1, -0.05) is 195 Å². The summed E-state index contributed by atoms with van der Waals surface area (Å²) in [5.74, 6) is 0. The van der Waals surface area contributed by atoms with Gasteiger partial charge in [0.1, 0.15) is 0 Å². The van der Waals surface area contributed by atoms with Crippen molar-refractivity contribution in [2.45, 2.75) is 234 Å². The summed E-state index contributed by atoms with van der Waals surface area (Å²) in [6.07, 6.45) is 39.7. The number of unbranched alkanes of at least 4 members (excludes halogenated alkanes) is 22. The molecule has 0 saturated carbocycles. The molecule has 2 aromatic carbocycles. The molecule has 0 atom stereocenters. The molecule has 0 aliphatic rings. The van der Waals surface area contributed by atoms with Gasteiger partial charge in [-0.05, 0) is 97.9 Å². The molecule has 0 aliphatic carbocycles. The van der Waals surface area contributed by atoms with E-state index < -0.39 is 0 Å². The summed E-state index contributed by atoms with van der Waals surface area (Å²) >= 11 is 0. The number of rotatable bonds is 33. The van der Waals surface area contributed by atoms with Crippen LogP contribution in [0.25, 0.3) is 0 Å². The number of nitrogens with zero attached hydrogens (tertiary/aromatic N) is 2. The second kappa shape index (κ2) is 33.6. The van der Waals surface area contributed by atoms with E-state index in [-0.39, 0.29) is 16.5 Å². The van der Waals surface area contributed by atoms with E-state index >= 15 is 0 Å². The predicted octanol–water partition coefficient (Wildman–Crippen LogP) is 17.0. The Labute approximate surface area is 340 Å². The molecule has 0 amide bonds. The SMILES string of the molecule is CCCCCCCCCCCCCCCCCCCCCCCC(=Nc1ccc(CC)c(CC)c1)C(CCCCC)=Nc1ccc(CC)c(CC)c1.[Ni]. The molecule has 3 heteroatoms. The number of aliphatic imine (C=N–C) groups is 2. The number of hydrogen-bond donors (Lipinski definition) is 0. The standard InChI is InChI=1S/C50H84N2.Ni/c1-7-13-15-16-17-18-19-20-21-22-23-24-25-26-27-28-29-30-31-32-34-36-50(52-48-40-38-44(10-4)46(12-6)42-48)49(35-33-14-8-2)51-47-39-37-43(9-3)45(11-5)41-47;/h37-42H,7-36H2,1-6H3;. The molecule has 0 fully saturated rings. The molecular weight excluding hydrogens is 687 g/mol. The smallest absolute Gasteiger partial charge is 0.0636 e. The van der Waals surface area contributed by atoms with Gasteiger partial charge in [-0.15, -0.1) is 0 Å². The molecule has 0 N–H and O–H groups in total. The van der Waals surface area contributed by atoms with Crippen molar-refractivity contribution in [1.82, 2.24) is 0 Å². The van der Waals surface area contributed by atoms with Crippen LogP contribution in [0.4, 0.5) is 11.4 Å². The minimum absolute atomic E-state index is 0. The van der Waals surface area contributed by atoms with Crippen LogP contribution in [0.15, 0.2) is 46.4 Å². The molecule has 304 valence electrons. The van der Waals surface area contributed by atoms with Gasteiger partial charge in [-0.3, -0.25) is 9.98 Å². The van der Waals surface area contributed by atoms with Gasteiger partial charge < -0.3 is 0 Å². The molecular formula is C50H84N2Ni. The van der Waals surface area contributed by atoms with Crippen molar-refractivity contribution in [3.05, 3.63) is 58.7 Å². The Hall–Kier alpha value is -1.73. The third-order valence-corrected chi connectivity index (χ3v) is 11.3. The van der Waals surface area contributed by atoms with Crippen molar-refractivity contribution in [1.29, 1.82) is 0 Å². The molecule has 0 radical (unpaired) electrons. The monoisotopic (exact) mass is 771 g/mol. The third-order valence-electron chi connectivity index (χ3n) is 11.3. The molecule has 0 spiro atoms. The van der Waals surface area contributed by atoms with Crippen LogP contribution in [0, 0.1) is 0 Å². The van der Waals surface area contributed by atoms with Crippen LogP contribution < -0.4 is 0 Å². The predicted molar refractivity (Wildman–Crippen MR) is 236 cm³/mol. The fourth-order valence-electron chi connectivity index (χ4n) is 7.82. The molecule has 2 nitrogen and oxygen atoms in total. The van der Waals surface area contributed by atoms with Crippen LogP contribution in [0.1, 0.15) is 231 Å². The molecule has 0 heterocycles. The average molecular weight is 772 g/mol. The summed E-state index contributed by atoms with van der Waals surface area (Å²) in [4.78, 5) is 10.8. The van der Waals surface area contributed by atoms with E-state index in [4.69, 9.17) is 9.98 Å². The fraction of sp³-hybridized carbons (Fsp3) is 0.720. The fourth-order valence-corrected chi connectivity index (χ4v) is 7.82. The van der Waals surface area contributed by atoms with Gasteiger partial charge in [0.2, 0.25) is 0 Å². The first-order chi connectivity index (χ1) is 25.6. The van der Waals surface area contributed by atoms with E-state index in [0.29, 0.717) is 0 Å². The second-order valence-electron chi connectivity index (χ2n) is 15.7. The Bertz CT molecular complexity index is 1230. The van der Waals surface area contributed by atoms with Crippen molar-refractivity contribution in [2.75, 3.05) is 0 Å². The van der Waals surface area contributed by atoms with Crippen LogP contribution in [-0.2, 0) is 42.2 Å². The summed E-state index contributed by atoms with van der Waals surface area (Å²) in [5, 5.41) is 0. The first kappa shape index (κ1) is 49.3. The first-order valence-electron chi connectivity index (χ1n) is 23.0. The molecule has 53 heavy (non-hydrogen) atoms. The van der Waals surface area contributed by atoms with E-state index in [1.807, 2.05) is 0 Å². The van der Waals surface area contributed by atoms with Gasteiger partial charge in [0.25, 0.3) is 0 Å². The summed E-state index contributed by atoms with van der Waals surface area (Å²) in [6, 6.07) is 13.8. The maximum atomic E-state index is 5.40. The van der Waals surface area contributed by atoms with Crippen LogP contribution in [0.2, 0.25) is 0 Å². The number of hydrogen-bond acceptors (Lipinski definition) is 2. The maximum Gasteiger partial charge on any atom is 0.0636 e. The summed E-state index contributed by atoms with van der Waals surface area (Å²) in [5.41, 5.74) is 10.4. The van der Waals surface area contributed by atoms with Crippen LogP contribution >= 0.6 is 0 Å². The largest absolute Gasteiger partial charge is 0.252 e. The minimum Gasteiger partial charge on any atom is -0.252 e. The summed E-state index contributed by atoms with van der Waals surface area (Å²) in [6.45, 7) is 13.7. The van der Waals surface area contributed by atoms with E-state index in [9.17, 15) is 0 Å². The Morgan fingerprint density at radius 2 is 0.604 bits per heavy atom. The van der Waals surface area contributed by atoms with Crippen molar-refractivity contribution < 1.29 is 16.5 Å². The van der Waals surface area contributed by atoms with Gasteiger partial charge in [0, 0.05) is 16.5 Å². The van der Waals surface area contributed by atoms with Gasteiger partial charge in [0.05, 0.1) is 22.8 Å². The Morgan fingerprint density at radius 3 is 0.906 bits per heavy atom. The maximum absolute atomic E-state index is 5.40. The minimum atomic E-state index is 0. The van der Waals surface area contributed by atoms with E-state index in [1.165, 1.54) is 188 Å². The summed E-state index contributed by atoms with van der Waals surface area (Å²) in [7, 11) is 0. The average Bonchev–Trinajstić information content (AvgIpc) is 3.17. The molecule has 0 saturated heterocycles.